The molecular formula is C15H25N3O. The molecule has 106 valence electrons. The monoisotopic (exact) mass is 263 g/mol. The average Bonchev–Trinajstić information content (AvgIpc) is 2.40. The van der Waals surface area contributed by atoms with Crippen LogP contribution in [0.3, 0.4) is 0 Å². The molecule has 0 radical (unpaired) electrons. The number of aromatic nitrogens is 1. The van der Waals surface area contributed by atoms with Crippen LogP contribution in [0.5, 0.6) is 0 Å². The first-order valence-electron chi connectivity index (χ1n) is 7.12. The molecule has 1 aromatic heterocycles. The summed E-state index contributed by atoms with van der Waals surface area (Å²) in [6.07, 6.45) is 6.04. The summed E-state index contributed by atoms with van der Waals surface area (Å²) >= 11 is 0. The van der Waals surface area contributed by atoms with E-state index in [-0.39, 0.29) is 12.1 Å². The van der Waals surface area contributed by atoms with Crippen molar-refractivity contribution in [3.63, 3.8) is 0 Å². The molecule has 1 aromatic rings. The van der Waals surface area contributed by atoms with E-state index in [1.165, 1.54) is 5.56 Å². The Morgan fingerprint density at radius 1 is 1.47 bits per heavy atom. The fraction of sp³-hybridized carbons (Fsp3) is 0.667. The lowest BCUT2D eigenvalue weighted by Gasteiger charge is -2.35. The Bertz CT molecular complexity index is 363. The molecule has 0 bridgehead atoms. The van der Waals surface area contributed by atoms with Crippen molar-refractivity contribution < 1.29 is 4.74 Å². The van der Waals surface area contributed by atoms with Crippen molar-refractivity contribution in [1.82, 2.24) is 9.88 Å². The fourth-order valence-corrected chi connectivity index (χ4v) is 2.96. The van der Waals surface area contributed by atoms with Crippen molar-refractivity contribution in [3.8, 4) is 0 Å². The molecular weight excluding hydrogens is 238 g/mol. The van der Waals surface area contributed by atoms with Gasteiger partial charge in [0.2, 0.25) is 0 Å². The highest BCUT2D eigenvalue weighted by Gasteiger charge is 2.24. The third kappa shape index (κ3) is 4.00. The zero-order chi connectivity index (χ0) is 13.7. The Balaban J connectivity index is 2.02. The van der Waals surface area contributed by atoms with Gasteiger partial charge in [0.15, 0.2) is 0 Å². The van der Waals surface area contributed by atoms with E-state index in [2.05, 4.69) is 29.9 Å². The highest BCUT2D eigenvalue weighted by atomic mass is 16.5. The quantitative estimate of drug-likeness (QED) is 0.880. The zero-order valence-electron chi connectivity index (χ0n) is 12.0. The first kappa shape index (κ1) is 14.4. The van der Waals surface area contributed by atoms with Gasteiger partial charge in [-0.05, 0) is 44.4 Å². The van der Waals surface area contributed by atoms with Crippen LogP contribution in [-0.4, -0.2) is 42.7 Å². The van der Waals surface area contributed by atoms with E-state index in [4.69, 9.17) is 10.5 Å². The third-order valence-corrected chi connectivity index (χ3v) is 3.89. The number of pyridine rings is 1. The second-order valence-corrected chi connectivity index (χ2v) is 5.59. The van der Waals surface area contributed by atoms with Gasteiger partial charge < -0.3 is 10.5 Å². The number of likely N-dealkylation sites (N-methyl/N-ethyl adjacent to an activating group) is 1. The zero-order valence-corrected chi connectivity index (χ0v) is 12.0. The summed E-state index contributed by atoms with van der Waals surface area (Å²) in [5.41, 5.74) is 7.38. The van der Waals surface area contributed by atoms with E-state index in [0.29, 0.717) is 0 Å². The van der Waals surface area contributed by atoms with Gasteiger partial charge in [-0.1, -0.05) is 6.07 Å². The predicted molar refractivity (Wildman–Crippen MR) is 76.8 cm³/mol. The number of nitrogens with zero attached hydrogens (tertiary/aromatic N) is 2. The first-order valence-corrected chi connectivity index (χ1v) is 7.12. The number of hydrogen-bond donors (Lipinski definition) is 1. The number of hydrogen-bond acceptors (Lipinski definition) is 4. The molecule has 1 fully saturated rings. The highest BCUT2D eigenvalue weighted by molar-refractivity contribution is 5.15. The highest BCUT2D eigenvalue weighted by Crippen LogP contribution is 2.24. The molecule has 1 aliphatic heterocycles. The van der Waals surface area contributed by atoms with Gasteiger partial charge in [0.1, 0.15) is 0 Å². The van der Waals surface area contributed by atoms with E-state index in [1.807, 2.05) is 12.3 Å². The lowest BCUT2D eigenvalue weighted by Crippen LogP contribution is -2.40. The topological polar surface area (TPSA) is 51.4 Å². The van der Waals surface area contributed by atoms with E-state index >= 15 is 0 Å². The number of rotatable bonds is 5. The summed E-state index contributed by atoms with van der Waals surface area (Å²) in [7, 11) is 2.16. The van der Waals surface area contributed by atoms with Crippen molar-refractivity contribution in [3.05, 3.63) is 30.1 Å². The van der Waals surface area contributed by atoms with Gasteiger partial charge in [-0.25, -0.2) is 0 Å². The SMILES string of the molecule is CC(N)C(c1cccnc1)N(C)CC1CCOCC1. The second kappa shape index (κ2) is 6.98. The first-order chi connectivity index (χ1) is 9.18. The summed E-state index contributed by atoms with van der Waals surface area (Å²) < 4.78 is 5.42. The molecule has 0 spiro atoms. The molecule has 0 aliphatic carbocycles. The molecule has 19 heavy (non-hydrogen) atoms. The van der Waals surface area contributed by atoms with Crippen LogP contribution in [-0.2, 0) is 4.74 Å². The van der Waals surface area contributed by atoms with Crippen LogP contribution in [0.15, 0.2) is 24.5 Å². The summed E-state index contributed by atoms with van der Waals surface area (Å²) in [6.45, 7) is 4.94. The van der Waals surface area contributed by atoms with Gasteiger partial charge in [-0.2, -0.15) is 0 Å². The molecule has 0 amide bonds. The average molecular weight is 263 g/mol. The lowest BCUT2D eigenvalue weighted by molar-refractivity contribution is 0.0486. The van der Waals surface area contributed by atoms with Crippen molar-refractivity contribution >= 4 is 0 Å². The number of ether oxygens (including phenoxy) is 1. The second-order valence-electron chi connectivity index (χ2n) is 5.59. The predicted octanol–water partition coefficient (Wildman–Crippen LogP) is 1.83. The summed E-state index contributed by atoms with van der Waals surface area (Å²) in [6, 6.07) is 4.42. The van der Waals surface area contributed by atoms with Crippen molar-refractivity contribution in [2.45, 2.75) is 31.8 Å². The minimum absolute atomic E-state index is 0.0917. The molecule has 2 rings (SSSR count). The van der Waals surface area contributed by atoms with E-state index in [1.54, 1.807) is 6.20 Å². The Morgan fingerprint density at radius 3 is 2.79 bits per heavy atom. The van der Waals surface area contributed by atoms with Crippen LogP contribution in [0.2, 0.25) is 0 Å². The molecule has 4 heteroatoms. The molecule has 2 heterocycles. The van der Waals surface area contributed by atoms with Gasteiger partial charge in [0.25, 0.3) is 0 Å². The number of nitrogens with two attached hydrogens (primary N) is 1. The van der Waals surface area contributed by atoms with Gasteiger partial charge in [0.05, 0.1) is 6.04 Å². The van der Waals surface area contributed by atoms with Crippen LogP contribution < -0.4 is 5.73 Å². The van der Waals surface area contributed by atoms with Crippen LogP contribution in [0.4, 0.5) is 0 Å². The maximum Gasteiger partial charge on any atom is 0.0509 e. The molecule has 4 nitrogen and oxygen atoms in total. The van der Waals surface area contributed by atoms with Gasteiger partial charge in [-0.15, -0.1) is 0 Å². The van der Waals surface area contributed by atoms with Crippen LogP contribution in [0, 0.1) is 5.92 Å². The molecule has 1 saturated heterocycles. The Kier molecular flexibility index (Phi) is 5.31. The Hall–Kier alpha value is -0.970. The Morgan fingerprint density at radius 2 is 2.21 bits per heavy atom. The van der Waals surface area contributed by atoms with Gasteiger partial charge >= 0.3 is 0 Å². The summed E-state index contributed by atoms with van der Waals surface area (Å²) in [5.74, 6) is 0.719. The van der Waals surface area contributed by atoms with Crippen LogP contribution in [0.25, 0.3) is 0 Å². The molecule has 2 atom stereocenters. The lowest BCUT2D eigenvalue weighted by atomic mass is 9.96. The molecule has 2 unspecified atom stereocenters. The maximum absolute atomic E-state index is 6.18. The van der Waals surface area contributed by atoms with Gasteiger partial charge in [0, 0.05) is 38.2 Å². The van der Waals surface area contributed by atoms with Crippen LogP contribution in [0.1, 0.15) is 31.4 Å². The normalized spacial score (nSPS) is 20.4. The maximum atomic E-state index is 6.18. The summed E-state index contributed by atoms with van der Waals surface area (Å²) in [5, 5.41) is 0. The summed E-state index contributed by atoms with van der Waals surface area (Å²) in [4.78, 5) is 6.59. The van der Waals surface area contributed by atoms with E-state index < -0.39 is 0 Å². The smallest absolute Gasteiger partial charge is 0.0509 e. The minimum Gasteiger partial charge on any atom is -0.381 e. The van der Waals surface area contributed by atoms with Crippen molar-refractivity contribution in [1.29, 1.82) is 0 Å². The molecule has 0 saturated carbocycles. The van der Waals surface area contributed by atoms with Crippen molar-refractivity contribution in [2.24, 2.45) is 11.7 Å². The van der Waals surface area contributed by atoms with Crippen LogP contribution >= 0.6 is 0 Å². The minimum atomic E-state index is 0.0917. The standard InChI is InChI=1S/C15H25N3O/c1-12(16)15(14-4-3-7-17-10-14)18(2)11-13-5-8-19-9-6-13/h3-4,7,10,12-13,15H,5-6,8-9,11,16H2,1-2H3. The van der Waals surface area contributed by atoms with E-state index in [9.17, 15) is 0 Å². The Labute approximate surface area is 116 Å². The third-order valence-electron chi connectivity index (χ3n) is 3.89. The molecule has 1 aliphatic rings. The molecule has 0 aromatic carbocycles. The molecule has 2 N–H and O–H groups in total. The van der Waals surface area contributed by atoms with Crippen molar-refractivity contribution in [2.75, 3.05) is 26.8 Å². The van der Waals surface area contributed by atoms with Gasteiger partial charge in [-0.3, -0.25) is 9.88 Å². The fourth-order valence-electron chi connectivity index (χ4n) is 2.96. The van der Waals surface area contributed by atoms with E-state index in [0.717, 1.165) is 38.5 Å². The largest absolute Gasteiger partial charge is 0.381 e.